The van der Waals surface area contributed by atoms with Gasteiger partial charge in [0, 0.05) is 17.8 Å². The Kier molecular flexibility index (Phi) is 7.26. The van der Waals surface area contributed by atoms with Crippen LogP contribution in [0.3, 0.4) is 0 Å². The molecule has 9 heteroatoms. The number of rotatable bonds is 8. The number of thioether (sulfide) groups is 1. The number of amides is 1. The van der Waals surface area contributed by atoms with Gasteiger partial charge in [0.2, 0.25) is 5.91 Å². The van der Waals surface area contributed by atoms with Gasteiger partial charge in [-0.1, -0.05) is 36.4 Å². The van der Waals surface area contributed by atoms with Gasteiger partial charge in [0.15, 0.2) is 11.0 Å². The molecule has 3 aromatic rings. The Labute approximate surface area is 193 Å². The number of benzene rings is 1. The van der Waals surface area contributed by atoms with E-state index in [2.05, 4.69) is 42.2 Å². The molecule has 3 heterocycles. The van der Waals surface area contributed by atoms with E-state index in [0.29, 0.717) is 5.82 Å². The number of likely N-dealkylation sites (tertiary alicyclic amines) is 1. The van der Waals surface area contributed by atoms with Crippen molar-refractivity contribution < 1.29 is 4.79 Å². The minimum absolute atomic E-state index is 0.0856. The summed E-state index contributed by atoms with van der Waals surface area (Å²) < 4.78 is 3.89. The molecule has 0 radical (unpaired) electrons. The molecule has 1 aliphatic rings. The van der Waals surface area contributed by atoms with Gasteiger partial charge in [-0.25, -0.2) is 4.68 Å². The van der Waals surface area contributed by atoms with Crippen LogP contribution >= 0.6 is 11.8 Å². The van der Waals surface area contributed by atoms with Crippen LogP contribution in [0.5, 0.6) is 0 Å². The van der Waals surface area contributed by atoms with Crippen LogP contribution in [-0.4, -0.2) is 53.7 Å². The summed E-state index contributed by atoms with van der Waals surface area (Å²) in [5, 5.41) is 16.7. The van der Waals surface area contributed by atoms with E-state index in [4.69, 9.17) is 0 Å². The number of aromatic nitrogens is 5. The molecule has 32 heavy (non-hydrogen) atoms. The smallest absolute Gasteiger partial charge is 0.238 e. The van der Waals surface area contributed by atoms with Crippen LogP contribution in [0.4, 0.5) is 5.82 Å². The maximum atomic E-state index is 12.9. The Morgan fingerprint density at radius 2 is 1.81 bits per heavy atom. The van der Waals surface area contributed by atoms with Gasteiger partial charge in [-0.3, -0.25) is 14.3 Å². The van der Waals surface area contributed by atoms with Gasteiger partial charge in [-0.15, -0.1) is 10.2 Å². The van der Waals surface area contributed by atoms with Crippen molar-refractivity contribution in [1.82, 2.24) is 29.4 Å². The molecule has 1 fully saturated rings. The third-order valence-electron chi connectivity index (χ3n) is 5.59. The molecular formula is C23H31N7OS. The third-order valence-corrected chi connectivity index (χ3v) is 6.63. The fourth-order valence-corrected chi connectivity index (χ4v) is 4.78. The number of piperidine rings is 1. The van der Waals surface area contributed by atoms with Crippen molar-refractivity contribution in [3.8, 4) is 5.69 Å². The zero-order valence-corrected chi connectivity index (χ0v) is 19.8. The second-order valence-electron chi connectivity index (χ2n) is 8.41. The quantitative estimate of drug-likeness (QED) is 0.516. The molecular weight excluding hydrogens is 422 g/mol. The first-order chi connectivity index (χ1) is 15.5. The van der Waals surface area contributed by atoms with Gasteiger partial charge >= 0.3 is 0 Å². The van der Waals surface area contributed by atoms with E-state index in [1.54, 1.807) is 10.9 Å². The normalized spacial score (nSPS) is 15.8. The second-order valence-corrected chi connectivity index (χ2v) is 9.72. The Bertz CT molecular complexity index is 1020. The van der Waals surface area contributed by atoms with Crippen LogP contribution < -0.4 is 5.32 Å². The summed E-state index contributed by atoms with van der Waals surface area (Å²) >= 11 is 1.42. The zero-order chi connectivity index (χ0) is 22.5. The number of nitrogens with one attached hydrogen (secondary N) is 1. The number of hydrogen-bond donors (Lipinski definition) is 1. The Hall–Kier alpha value is -2.65. The molecule has 1 amide bonds. The molecule has 0 bridgehead atoms. The van der Waals surface area contributed by atoms with E-state index in [1.807, 2.05) is 45.0 Å². The minimum atomic E-state index is -0.347. The summed E-state index contributed by atoms with van der Waals surface area (Å²) in [5.74, 6) is 1.52. The maximum Gasteiger partial charge on any atom is 0.238 e. The van der Waals surface area contributed by atoms with E-state index in [9.17, 15) is 4.79 Å². The molecule has 4 rings (SSSR count). The van der Waals surface area contributed by atoms with Crippen molar-refractivity contribution in [1.29, 1.82) is 0 Å². The highest BCUT2D eigenvalue weighted by molar-refractivity contribution is 8.00. The molecule has 0 saturated carbocycles. The standard InChI is InChI=1S/C23H31N7OS/c1-17(2)30-20(12-13-24-30)25-22(31)18(3)32-23-27-26-21(16-28-14-8-5-9-15-28)29(23)19-10-6-4-7-11-19/h4,6-7,10-13,17-18H,5,8-9,14-16H2,1-3H3,(H,25,31). The van der Waals surface area contributed by atoms with E-state index in [-0.39, 0.29) is 17.2 Å². The van der Waals surface area contributed by atoms with Crippen molar-refractivity contribution in [2.45, 2.75) is 63.0 Å². The van der Waals surface area contributed by atoms with Crippen molar-refractivity contribution in [3.05, 3.63) is 48.4 Å². The molecule has 2 aromatic heterocycles. The van der Waals surface area contributed by atoms with Crippen LogP contribution in [-0.2, 0) is 11.3 Å². The Morgan fingerprint density at radius 3 is 2.53 bits per heavy atom. The molecule has 1 atom stereocenters. The predicted molar refractivity (Wildman–Crippen MR) is 127 cm³/mol. The molecule has 1 aromatic carbocycles. The number of para-hydroxylation sites is 1. The van der Waals surface area contributed by atoms with E-state index in [1.165, 1.54) is 31.0 Å². The van der Waals surface area contributed by atoms with Gasteiger partial charge in [0.25, 0.3) is 0 Å². The van der Waals surface area contributed by atoms with Gasteiger partial charge in [-0.05, 0) is 58.8 Å². The molecule has 170 valence electrons. The molecule has 1 unspecified atom stereocenters. The highest BCUT2D eigenvalue weighted by Crippen LogP contribution is 2.27. The van der Waals surface area contributed by atoms with E-state index < -0.39 is 0 Å². The van der Waals surface area contributed by atoms with Crippen molar-refractivity contribution in [3.63, 3.8) is 0 Å². The average Bonchev–Trinajstić information content (AvgIpc) is 3.42. The topological polar surface area (TPSA) is 80.9 Å². The highest BCUT2D eigenvalue weighted by Gasteiger charge is 2.23. The average molecular weight is 454 g/mol. The lowest BCUT2D eigenvalue weighted by Crippen LogP contribution is -2.30. The van der Waals surface area contributed by atoms with Crippen LogP contribution in [0.2, 0.25) is 0 Å². The van der Waals surface area contributed by atoms with Gasteiger partial charge in [0.1, 0.15) is 5.82 Å². The largest absolute Gasteiger partial charge is 0.310 e. The first kappa shape index (κ1) is 22.5. The van der Waals surface area contributed by atoms with Crippen LogP contribution in [0.1, 0.15) is 51.9 Å². The maximum absolute atomic E-state index is 12.9. The molecule has 8 nitrogen and oxygen atoms in total. The summed E-state index contributed by atoms with van der Waals surface area (Å²) in [7, 11) is 0. The van der Waals surface area contributed by atoms with E-state index in [0.717, 1.165) is 36.3 Å². The number of anilines is 1. The Balaban J connectivity index is 1.53. The van der Waals surface area contributed by atoms with Crippen LogP contribution in [0, 0.1) is 0 Å². The van der Waals surface area contributed by atoms with Gasteiger partial charge in [0.05, 0.1) is 18.0 Å². The summed E-state index contributed by atoms with van der Waals surface area (Å²) in [6, 6.07) is 12.1. The van der Waals surface area contributed by atoms with Crippen LogP contribution in [0.25, 0.3) is 5.69 Å². The Morgan fingerprint density at radius 1 is 1.06 bits per heavy atom. The number of carbonyl (C=O) groups excluding carboxylic acids is 1. The number of nitrogens with zero attached hydrogens (tertiary/aromatic N) is 6. The lowest BCUT2D eigenvalue weighted by Gasteiger charge is -2.26. The van der Waals surface area contributed by atoms with Gasteiger partial charge < -0.3 is 5.32 Å². The SMILES string of the molecule is CC(Sc1nnc(CN2CCCCC2)n1-c1ccccc1)C(=O)Nc1ccnn1C(C)C. The summed E-state index contributed by atoms with van der Waals surface area (Å²) in [4.78, 5) is 15.4. The summed E-state index contributed by atoms with van der Waals surface area (Å²) in [6.45, 7) is 8.90. The van der Waals surface area contributed by atoms with Crippen molar-refractivity contribution in [2.24, 2.45) is 0 Å². The second kappa shape index (κ2) is 10.3. The fraction of sp³-hybridized carbons (Fsp3) is 0.478. The van der Waals surface area contributed by atoms with Gasteiger partial charge in [-0.2, -0.15) is 5.10 Å². The minimum Gasteiger partial charge on any atom is -0.310 e. The number of carbonyl (C=O) groups is 1. The first-order valence-electron chi connectivity index (χ1n) is 11.3. The lowest BCUT2D eigenvalue weighted by atomic mass is 10.1. The molecule has 0 spiro atoms. The fourth-order valence-electron chi connectivity index (χ4n) is 3.90. The molecule has 0 aliphatic carbocycles. The lowest BCUT2D eigenvalue weighted by molar-refractivity contribution is -0.115. The third kappa shape index (κ3) is 5.21. The first-order valence-corrected chi connectivity index (χ1v) is 12.1. The monoisotopic (exact) mass is 453 g/mol. The molecule has 1 N–H and O–H groups in total. The molecule has 1 saturated heterocycles. The van der Waals surface area contributed by atoms with Crippen molar-refractivity contribution >= 4 is 23.5 Å². The highest BCUT2D eigenvalue weighted by atomic mass is 32.2. The molecule has 1 aliphatic heterocycles. The van der Waals surface area contributed by atoms with E-state index >= 15 is 0 Å². The summed E-state index contributed by atoms with van der Waals surface area (Å²) in [6.07, 6.45) is 5.45. The predicted octanol–water partition coefficient (Wildman–Crippen LogP) is 4.15. The zero-order valence-electron chi connectivity index (χ0n) is 18.9. The van der Waals surface area contributed by atoms with Crippen LogP contribution in [0.15, 0.2) is 47.8 Å². The number of hydrogen-bond acceptors (Lipinski definition) is 6. The van der Waals surface area contributed by atoms with Crippen molar-refractivity contribution in [2.75, 3.05) is 18.4 Å². The summed E-state index contributed by atoms with van der Waals surface area (Å²) in [5.41, 5.74) is 1.01.